The second-order valence-corrected chi connectivity index (χ2v) is 7.13. The first-order valence-electron chi connectivity index (χ1n) is 9.28. The van der Waals surface area contributed by atoms with Gasteiger partial charge in [0.2, 0.25) is 0 Å². The van der Waals surface area contributed by atoms with Gasteiger partial charge in [-0.1, -0.05) is 48.5 Å². The third kappa shape index (κ3) is 3.58. The number of hydrogen-bond acceptors (Lipinski definition) is 3. The molecule has 3 aromatic carbocycles. The first-order valence-corrected chi connectivity index (χ1v) is 9.28. The highest BCUT2D eigenvalue weighted by Gasteiger charge is 2.34. The van der Waals surface area contributed by atoms with Crippen LogP contribution in [0.3, 0.4) is 0 Å². The summed E-state index contributed by atoms with van der Waals surface area (Å²) >= 11 is 0. The van der Waals surface area contributed by atoms with Crippen LogP contribution in [0.2, 0.25) is 0 Å². The van der Waals surface area contributed by atoms with Crippen LogP contribution < -0.4 is 5.32 Å². The minimum absolute atomic E-state index is 0.0125. The number of hydrogen-bond donors (Lipinski definition) is 2. The maximum Gasteiger partial charge on any atom is 0.416 e. The second-order valence-electron chi connectivity index (χ2n) is 7.13. The quantitative estimate of drug-likeness (QED) is 0.512. The van der Waals surface area contributed by atoms with Gasteiger partial charge in [0.05, 0.1) is 11.3 Å². The zero-order valence-corrected chi connectivity index (χ0v) is 16.0. The van der Waals surface area contributed by atoms with Gasteiger partial charge in [-0.3, -0.25) is 5.32 Å². The fourth-order valence-electron chi connectivity index (χ4n) is 3.84. The Morgan fingerprint density at radius 1 is 1.03 bits per heavy atom. The van der Waals surface area contributed by atoms with Crippen LogP contribution in [0.15, 0.2) is 60.7 Å². The summed E-state index contributed by atoms with van der Waals surface area (Å²) in [5.41, 5.74) is 2.73. The van der Waals surface area contributed by atoms with Gasteiger partial charge in [-0.15, -0.1) is 0 Å². The number of carbonyl (C=O) groups excluding carboxylic acids is 1. The summed E-state index contributed by atoms with van der Waals surface area (Å²) in [6.07, 6.45) is -5.54. The van der Waals surface area contributed by atoms with Crippen molar-refractivity contribution in [2.75, 3.05) is 11.9 Å². The smallest absolute Gasteiger partial charge is 0.416 e. The van der Waals surface area contributed by atoms with Crippen molar-refractivity contribution in [1.29, 1.82) is 0 Å². The van der Waals surface area contributed by atoms with Gasteiger partial charge in [0.25, 0.3) is 0 Å². The molecule has 0 spiro atoms. The fourth-order valence-corrected chi connectivity index (χ4v) is 3.84. The highest BCUT2D eigenvalue weighted by molar-refractivity contribution is 5.87. The van der Waals surface area contributed by atoms with E-state index in [9.17, 15) is 23.1 Å². The molecule has 0 aromatic heterocycles. The van der Waals surface area contributed by atoms with Crippen LogP contribution in [0.5, 0.6) is 5.75 Å². The Morgan fingerprint density at radius 2 is 1.60 bits per heavy atom. The summed E-state index contributed by atoms with van der Waals surface area (Å²) in [6.45, 7) is 1.25. The molecule has 0 heterocycles. The van der Waals surface area contributed by atoms with Gasteiger partial charge in [0.1, 0.15) is 12.4 Å². The number of phenols is 1. The topological polar surface area (TPSA) is 58.6 Å². The number of nitrogens with one attached hydrogen (secondary N) is 1. The van der Waals surface area contributed by atoms with E-state index in [4.69, 9.17) is 4.74 Å². The Hall–Kier alpha value is -3.48. The van der Waals surface area contributed by atoms with Gasteiger partial charge >= 0.3 is 12.3 Å². The van der Waals surface area contributed by atoms with Crippen molar-refractivity contribution in [1.82, 2.24) is 0 Å². The number of aryl methyl sites for hydroxylation is 1. The van der Waals surface area contributed by atoms with Gasteiger partial charge in [-0.25, -0.2) is 4.79 Å². The Balaban J connectivity index is 1.52. The minimum atomic E-state index is -4.60. The molecule has 0 bridgehead atoms. The SMILES string of the molecule is Cc1cc(O)c(NC(=O)OCC2c3ccccc3-c3ccccc32)cc1C(F)(F)F. The van der Waals surface area contributed by atoms with E-state index in [0.29, 0.717) is 6.07 Å². The molecule has 0 aliphatic heterocycles. The number of halogens is 3. The molecule has 0 fully saturated rings. The number of phenolic OH excluding ortho intramolecular Hbond substituents is 1. The molecule has 2 N–H and O–H groups in total. The molecule has 0 saturated carbocycles. The van der Waals surface area contributed by atoms with Gasteiger partial charge in [0, 0.05) is 5.92 Å². The molecule has 3 aromatic rings. The van der Waals surface area contributed by atoms with E-state index >= 15 is 0 Å². The van der Waals surface area contributed by atoms with Crippen molar-refractivity contribution >= 4 is 11.8 Å². The molecule has 154 valence electrons. The van der Waals surface area contributed by atoms with Crippen LogP contribution in [0, 0.1) is 6.92 Å². The van der Waals surface area contributed by atoms with E-state index in [2.05, 4.69) is 5.32 Å². The molecular weight excluding hydrogens is 395 g/mol. The number of ether oxygens (including phenoxy) is 1. The molecule has 7 heteroatoms. The van der Waals surface area contributed by atoms with Gasteiger partial charge in [-0.2, -0.15) is 13.2 Å². The molecule has 4 rings (SSSR count). The van der Waals surface area contributed by atoms with Crippen molar-refractivity contribution in [2.24, 2.45) is 0 Å². The maximum atomic E-state index is 13.1. The minimum Gasteiger partial charge on any atom is -0.506 e. The normalized spacial score (nSPS) is 12.9. The number of rotatable bonds is 3. The molecule has 1 aliphatic rings. The zero-order valence-electron chi connectivity index (χ0n) is 16.0. The summed E-state index contributed by atoms with van der Waals surface area (Å²) in [7, 11) is 0. The lowest BCUT2D eigenvalue weighted by molar-refractivity contribution is -0.138. The Labute approximate surface area is 170 Å². The predicted molar refractivity (Wildman–Crippen MR) is 107 cm³/mol. The number of fused-ring (bicyclic) bond motifs is 3. The van der Waals surface area contributed by atoms with E-state index in [1.54, 1.807) is 0 Å². The van der Waals surface area contributed by atoms with Crippen LogP contribution in [0.25, 0.3) is 11.1 Å². The summed E-state index contributed by atoms with van der Waals surface area (Å²) in [4.78, 5) is 12.3. The average molecular weight is 413 g/mol. The lowest BCUT2D eigenvalue weighted by Crippen LogP contribution is -2.18. The van der Waals surface area contributed by atoms with Crippen molar-refractivity contribution in [3.05, 3.63) is 82.9 Å². The number of benzene rings is 3. The Morgan fingerprint density at radius 3 is 2.17 bits per heavy atom. The second kappa shape index (κ2) is 7.40. The van der Waals surface area contributed by atoms with Crippen molar-refractivity contribution in [3.63, 3.8) is 0 Å². The first kappa shape index (κ1) is 19.8. The largest absolute Gasteiger partial charge is 0.506 e. The maximum absolute atomic E-state index is 13.1. The van der Waals surface area contributed by atoms with E-state index in [1.165, 1.54) is 6.92 Å². The Kier molecular flexibility index (Phi) is 4.89. The van der Waals surface area contributed by atoms with E-state index in [-0.39, 0.29) is 23.8 Å². The highest BCUT2D eigenvalue weighted by atomic mass is 19.4. The summed E-state index contributed by atoms with van der Waals surface area (Å²) in [5, 5.41) is 12.1. The Bertz CT molecular complexity index is 1080. The van der Waals surface area contributed by atoms with Crippen LogP contribution >= 0.6 is 0 Å². The summed E-state index contributed by atoms with van der Waals surface area (Å²) < 4.78 is 44.6. The number of aromatic hydroxyl groups is 1. The van der Waals surface area contributed by atoms with Gasteiger partial charge in [-0.05, 0) is 46.9 Å². The third-order valence-corrected chi connectivity index (χ3v) is 5.23. The first-order chi connectivity index (χ1) is 14.3. The van der Waals surface area contributed by atoms with Gasteiger partial charge < -0.3 is 9.84 Å². The molecule has 0 atom stereocenters. The van der Waals surface area contributed by atoms with E-state index in [0.717, 1.165) is 28.3 Å². The molecule has 1 aliphatic carbocycles. The molecule has 1 amide bonds. The van der Waals surface area contributed by atoms with Crippen molar-refractivity contribution in [3.8, 4) is 16.9 Å². The molecule has 4 nitrogen and oxygen atoms in total. The standard InChI is InChI=1S/C23H18F3NO3/c1-13-10-21(28)20(11-19(13)23(24,25)26)27-22(29)30-12-18-16-8-4-2-6-14(16)15-7-3-5-9-17(15)18/h2-11,18,28H,12H2,1H3,(H,27,29). The molecule has 0 radical (unpaired) electrons. The van der Waals surface area contributed by atoms with Crippen molar-refractivity contribution < 1.29 is 27.8 Å². The van der Waals surface area contributed by atoms with Crippen LogP contribution in [-0.4, -0.2) is 17.8 Å². The third-order valence-electron chi connectivity index (χ3n) is 5.23. The van der Waals surface area contributed by atoms with Crippen LogP contribution in [0.1, 0.15) is 28.2 Å². The highest BCUT2D eigenvalue weighted by Crippen LogP contribution is 2.44. The van der Waals surface area contributed by atoms with Gasteiger partial charge in [0.15, 0.2) is 0 Å². The van der Waals surface area contributed by atoms with Crippen molar-refractivity contribution in [2.45, 2.75) is 19.0 Å². The summed E-state index contributed by atoms with van der Waals surface area (Å²) in [5.74, 6) is -0.644. The fraction of sp³-hybridized carbons (Fsp3) is 0.174. The number of anilines is 1. The molecule has 30 heavy (non-hydrogen) atoms. The van der Waals surface area contributed by atoms with E-state index in [1.807, 2.05) is 48.5 Å². The number of carbonyl (C=O) groups is 1. The lowest BCUT2D eigenvalue weighted by atomic mass is 9.98. The lowest BCUT2D eigenvalue weighted by Gasteiger charge is -2.16. The zero-order chi connectivity index (χ0) is 21.5. The molecule has 0 saturated heterocycles. The number of alkyl halides is 3. The number of amides is 1. The van der Waals surface area contributed by atoms with Crippen LogP contribution in [-0.2, 0) is 10.9 Å². The van der Waals surface area contributed by atoms with E-state index < -0.39 is 23.6 Å². The van der Waals surface area contributed by atoms with Crippen LogP contribution in [0.4, 0.5) is 23.7 Å². The average Bonchev–Trinajstić information content (AvgIpc) is 3.01. The molecule has 0 unspecified atom stereocenters. The molecular formula is C23H18F3NO3. The monoisotopic (exact) mass is 413 g/mol. The predicted octanol–water partition coefficient (Wildman–Crippen LogP) is 6.08. The summed E-state index contributed by atoms with van der Waals surface area (Å²) in [6, 6.07) is 17.3.